The van der Waals surface area contributed by atoms with Crippen molar-refractivity contribution in [2.24, 2.45) is 0 Å². The van der Waals surface area contributed by atoms with Gasteiger partial charge in [-0.25, -0.2) is 8.42 Å². The molecular formula is C12H20N2O4S. The Labute approximate surface area is 113 Å². The molecule has 0 radical (unpaired) electrons. The molecule has 0 aliphatic carbocycles. The minimum atomic E-state index is -3.07. The highest BCUT2D eigenvalue weighted by Crippen LogP contribution is 2.01. The molecule has 1 aromatic heterocycles. The first kappa shape index (κ1) is 15.7. The highest BCUT2D eigenvalue weighted by Gasteiger charge is 2.10. The van der Waals surface area contributed by atoms with Gasteiger partial charge in [-0.2, -0.15) is 0 Å². The Morgan fingerprint density at radius 2 is 1.95 bits per heavy atom. The predicted molar refractivity (Wildman–Crippen MR) is 74.9 cm³/mol. The number of aromatic nitrogens is 1. The lowest BCUT2D eigenvalue weighted by molar-refractivity contribution is 0.199. The molecule has 1 aromatic rings. The number of nitrogen functional groups attached to an aromatic ring is 1. The van der Waals surface area contributed by atoms with Crippen LogP contribution in [-0.2, 0) is 21.1 Å². The maximum atomic E-state index is 11.7. The zero-order chi connectivity index (χ0) is 14.3. The van der Waals surface area contributed by atoms with E-state index < -0.39 is 9.84 Å². The Morgan fingerprint density at radius 1 is 1.26 bits per heavy atom. The Morgan fingerprint density at radius 3 is 2.63 bits per heavy atom. The van der Waals surface area contributed by atoms with Gasteiger partial charge < -0.3 is 15.0 Å². The molecule has 108 valence electrons. The standard InChI is InChI=1S/C12H20N2O4S/c1-18-7-3-9-19(16,17)8-2-6-14-10-11(13)4-5-12(14)15/h4-5,10H,2-3,6-9,13H2,1H3. The molecule has 1 rings (SSSR count). The molecule has 0 saturated heterocycles. The summed E-state index contributed by atoms with van der Waals surface area (Å²) in [5.74, 6) is 0.185. The molecule has 0 fully saturated rings. The number of hydrogen-bond donors (Lipinski definition) is 1. The number of anilines is 1. The van der Waals surface area contributed by atoms with E-state index in [9.17, 15) is 13.2 Å². The van der Waals surface area contributed by atoms with Gasteiger partial charge in [-0.05, 0) is 18.9 Å². The molecule has 0 spiro atoms. The molecule has 0 unspecified atom stereocenters. The number of nitrogens with two attached hydrogens (primary N) is 1. The van der Waals surface area contributed by atoms with E-state index in [0.717, 1.165) is 0 Å². The minimum absolute atomic E-state index is 0.0674. The first-order chi connectivity index (χ1) is 8.94. The van der Waals surface area contributed by atoms with Crippen LogP contribution in [0.4, 0.5) is 5.69 Å². The molecule has 0 amide bonds. The summed E-state index contributed by atoms with van der Waals surface area (Å²) in [6, 6.07) is 2.91. The van der Waals surface area contributed by atoms with E-state index in [2.05, 4.69) is 0 Å². The number of ether oxygens (including phenoxy) is 1. The molecular weight excluding hydrogens is 268 g/mol. The van der Waals surface area contributed by atoms with Crippen LogP contribution in [0.3, 0.4) is 0 Å². The van der Waals surface area contributed by atoms with Crippen LogP contribution < -0.4 is 11.3 Å². The zero-order valence-corrected chi connectivity index (χ0v) is 11.9. The second kappa shape index (κ2) is 7.30. The maximum Gasteiger partial charge on any atom is 0.250 e. The van der Waals surface area contributed by atoms with E-state index in [0.29, 0.717) is 31.7 Å². The van der Waals surface area contributed by atoms with E-state index in [-0.39, 0.29) is 17.1 Å². The molecule has 0 aliphatic rings. The van der Waals surface area contributed by atoms with Gasteiger partial charge in [-0.1, -0.05) is 0 Å². The van der Waals surface area contributed by atoms with Crippen molar-refractivity contribution in [1.82, 2.24) is 4.57 Å². The van der Waals surface area contributed by atoms with Crippen LogP contribution in [0, 0.1) is 0 Å². The largest absolute Gasteiger partial charge is 0.398 e. The second-order valence-electron chi connectivity index (χ2n) is 4.35. The molecule has 1 heterocycles. The van der Waals surface area contributed by atoms with Crippen molar-refractivity contribution in [2.45, 2.75) is 19.4 Å². The summed E-state index contributed by atoms with van der Waals surface area (Å²) in [7, 11) is -1.53. The van der Waals surface area contributed by atoms with Crippen LogP contribution in [0.2, 0.25) is 0 Å². The monoisotopic (exact) mass is 288 g/mol. The number of aryl methyl sites for hydroxylation is 1. The summed E-state index contributed by atoms with van der Waals surface area (Å²) in [6.45, 7) is 0.793. The summed E-state index contributed by atoms with van der Waals surface area (Å²) in [5.41, 5.74) is 5.89. The van der Waals surface area contributed by atoms with Crippen LogP contribution >= 0.6 is 0 Å². The molecule has 7 heteroatoms. The van der Waals surface area contributed by atoms with Crippen LogP contribution in [-0.4, -0.2) is 38.2 Å². The fraction of sp³-hybridized carbons (Fsp3) is 0.583. The van der Waals surface area contributed by atoms with Gasteiger partial charge in [0.05, 0.1) is 11.5 Å². The SMILES string of the molecule is COCCCS(=O)(=O)CCCn1cc(N)ccc1=O. The van der Waals surface area contributed by atoms with Crippen molar-refractivity contribution in [1.29, 1.82) is 0 Å². The highest BCUT2D eigenvalue weighted by atomic mass is 32.2. The van der Waals surface area contributed by atoms with Gasteiger partial charge in [0.15, 0.2) is 0 Å². The fourth-order valence-corrected chi connectivity index (χ4v) is 3.04. The zero-order valence-electron chi connectivity index (χ0n) is 11.0. The number of rotatable bonds is 8. The third kappa shape index (κ3) is 5.89. The van der Waals surface area contributed by atoms with Gasteiger partial charge in [0, 0.05) is 38.2 Å². The van der Waals surface area contributed by atoms with Crippen molar-refractivity contribution in [2.75, 3.05) is 31.0 Å². The van der Waals surface area contributed by atoms with Gasteiger partial charge in [0.1, 0.15) is 9.84 Å². The van der Waals surface area contributed by atoms with Crippen molar-refractivity contribution >= 4 is 15.5 Å². The fourth-order valence-electron chi connectivity index (χ4n) is 1.70. The molecule has 0 saturated carbocycles. The Bertz CT molecular complexity index is 551. The summed E-state index contributed by atoms with van der Waals surface area (Å²) in [6.07, 6.45) is 2.43. The van der Waals surface area contributed by atoms with Gasteiger partial charge >= 0.3 is 0 Å². The molecule has 0 atom stereocenters. The Kier molecular flexibility index (Phi) is 6.04. The van der Waals surface area contributed by atoms with Gasteiger partial charge in [-0.3, -0.25) is 4.79 Å². The molecule has 6 nitrogen and oxygen atoms in total. The topological polar surface area (TPSA) is 91.4 Å². The number of methoxy groups -OCH3 is 1. The van der Waals surface area contributed by atoms with Gasteiger partial charge in [0.25, 0.3) is 5.56 Å². The molecule has 0 aromatic carbocycles. The maximum absolute atomic E-state index is 11.7. The van der Waals surface area contributed by atoms with E-state index in [1.807, 2.05) is 0 Å². The summed E-state index contributed by atoms with van der Waals surface area (Å²) in [4.78, 5) is 11.5. The van der Waals surface area contributed by atoms with Crippen LogP contribution in [0.1, 0.15) is 12.8 Å². The number of hydrogen-bond acceptors (Lipinski definition) is 5. The summed E-state index contributed by atoms with van der Waals surface area (Å²) >= 11 is 0. The second-order valence-corrected chi connectivity index (χ2v) is 6.65. The minimum Gasteiger partial charge on any atom is -0.398 e. The average molecular weight is 288 g/mol. The number of pyridine rings is 1. The van der Waals surface area contributed by atoms with E-state index in [1.54, 1.807) is 7.11 Å². The Hall–Kier alpha value is -1.34. The molecule has 0 aliphatic heterocycles. The lowest BCUT2D eigenvalue weighted by Gasteiger charge is -2.07. The van der Waals surface area contributed by atoms with Crippen molar-refractivity contribution < 1.29 is 13.2 Å². The van der Waals surface area contributed by atoms with E-state index >= 15 is 0 Å². The highest BCUT2D eigenvalue weighted by molar-refractivity contribution is 7.91. The first-order valence-corrected chi connectivity index (χ1v) is 7.92. The van der Waals surface area contributed by atoms with Crippen LogP contribution in [0.25, 0.3) is 0 Å². The molecule has 19 heavy (non-hydrogen) atoms. The predicted octanol–water partition coefficient (Wildman–Crippen LogP) is 0.272. The van der Waals surface area contributed by atoms with E-state index in [4.69, 9.17) is 10.5 Å². The third-order valence-electron chi connectivity index (χ3n) is 2.66. The van der Waals surface area contributed by atoms with Crippen LogP contribution in [0.15, 0.2) is 23.1 Å². The van der Waals surface area contributed by atoms with E-state index in [1.165, 1.54) is 22.9 Å². The van der Waals surface area contributed by atoms with Gasteiger partial charge in [-0.15, -0.1) is 0 Å². The lowest BCUT2D eigenvalue weighted by Crippen LogP contribution is -2.21. The number of sulfone groups is 1. The van der Waals surface area contributed by atoms with Crippen LogP contribution in [0.5, 0.6) is 0 Å². The van der Waals surface area contributed by atoms with Crippen molar-refractivity contribution in [3.63, 3.8) is 0 Å². The smallest absolute Gasteiger partial charge is 0.250 e. The number of nitrogens with zero attached hydrogens (tertiary/aromatic N) is 1. The summed E-state index contributed by atoms with van der Waals surface area (Å²) < 4.78 is 29.6. The first-order valence-electron chi connectivity index (χ1n) is 6.10. The Balaban J connectivity index is 2.45. The summed E-state index contributed by atoms with van der Waals surface area (Å²) in [5, 5.41) is 0. The third-order valence-corrected chi connectivity index (χ3v) is 4.49. The molecule has 0 bridgehead atoms. The molecule has 2 N–H and O–H groups in total. The quantitative estimate of drug-likeness (QED) is 0.693. The van der Waals surface area contributed by atoms with Crippen molar-refractivity contribution in [3.8, 4) is 0 Å². The van der Waals surface area contributed by atoms with Crippen molar-refractivity contribution in [3.05, 3.63) is 28.7 Å². The normalized spacial score (nSPS) is 11.6. The van der Waals surface area contributed by atoms with Gasteiger partial charge in [0.2, 0.25) is 0 Å². The average Bonchev–Trinajstić information content (AvgIpc) is 2.33. The lowest BCUT2D eigenvalue weighted by atomic mass is 10.4.